The van der Waals surface area contributed by atoms with Crippen LogP contribution in [0.3, 0.4) is 0 Å². The first-order chi connectivity index (χ1) is 8.06. The summed E-state index contributed by atoms with van der Waals surface area (Å²) in [4.78, 5) is 10.4. The highest BCUT2D eigenvalue weighted by Crippen LogP contribution is 2.28. The highest BCUT2D eigenvalue weighted by molar-refractivity contribution is 9.10. The molecule has 0 fully saturated rings. The molecule has 0 radical (unpaired) electrons. The molecule has 4 nitrogen and oxygen atoms in total. The van der Waals surface area contributed by atoms with E-state index in [-0.39, 0.29) is 24.1 Å². The van der Waals surface area contributed by atoms with Gasteiger partial charge in [-0.05, 0) is 34.0 Å². The second-order valence-corrected chi connectivity index (χ2v) is 4.92. The molecule has 18 heavy (non-hydrogen) atoms. The molecule has 0 aliphatic rings. The van der Waals surface area contributed by atoms with E-state index in [0.717, 1.165) is 31.2 Å². The SMILES string of the molecule is CCCCC[C@@H](N)c1ccc(Br)c([N+](=O)[O-])c1.Cl. The average Bonchev–Trinajstić information content (AvgIpc) is 2.29. The summed E-state index contributed by atoms with van der Waals surface area (Å²) >= 11 is 3.16. The number of nitrogens with zero attached hydrogens (tertiary/aromatic N) is 1. The third-order valence-electron chi connectivity index (χ3n) is 2.71. The normalized spacial score (nSPS) is 11.7. The minimum atomic E-state index is -0.396. The Morgan fingerprint density at radius 1 is 1.44 bits per heavy atom. The molecular formula is C12H18BrClN2O2. The number of nitro benzene ring substituents is 1. The van der Waals surface area contributed by atoms with Gasteiger partial charge < -0.3 is 5.73 Å². The smallest absolute Gasteiger partial charge is 0.283 e. The lowest BCUT2D eigenvalue weighted by Gasteiger charge is -2.11. The minimum absolute atomic E-state index is 0. The Bertz CT molecular complexity index is 402. The van der Waals surface area contributed by atoms with Crippen LogP contribution in [0.2, 0.25) is 0 Å². The summed E-state index contributed by atoms with van der Waals surface area (Å²) in [6.45, 7) is 2.13. The van der Waals surface area contributed by atoms with Gasteiger partial charge in [-0.25, -0.2) is 0 Å². The summed E-state index contributed by atoms with van der Waals surface area (Å²) in [6, 6.07) is 4.97. The van der Waals surface area contributed by atoms with Crippen molar-refractivity contribution in [2.75, 3.05) is 0 Å². The van der Waals surface area contributed by atoms with E-state index in [1.807, 2.05) is 6.07 Å². The first-order valence-corrected chi connectivity index (χ1v) is 6.55. The van der Waals surface area contributed by atoms with E-state index >= 15 is 0 Å². The average molecular weight is 338 g/mol. The third kappa shape index (κ3) is 4.92. The van der Waals surface area contributed by atoms with Crippen molar-refractivity contribution < 1.29 is 4.92 Å². The number of benzene rings is 1. The largest absolute Gasteiger partial charge is 0.324 e. The zero-order valence-electron chi connectivity index (χ0n) is 10.3. The molecule has 0 saturated heterocycles. The summed E-state index contributed by atoms with van der Waals surface area (Å²) in [6.07, 6.45) is 4.22. The number of hydrogen-bond donors (Lipinski definition) is 1. The van der Waals surface area contributed by atoms with E-state index in [4.69, 9.17) is 5.73 Å². The first kappa shape index (κ1) is 17.4. The van der Waals surface area contributed by atoms with Gasteiger partial charge in [-0.2, -0.15) is 0 Å². The van der Waals surface area contributed by atoms with E-state index in [9.17, 15) is 10.1 Å². The van der Waals surface area contributed by atoms with Crippen LogP contribution in [0.25, 0.3) is 0 Å². The topological polar surface area (TPSA) is 69.2 Å². The van der Waals surface area contributed by atoms with Gasteiger partial charge in [-0.1, -0.05) is 32.3 Å². The zero-order chi connectivity index (χ0) is 12.8. The molecule has 0 aromatic heterocycles. The van der Waals surface area contributed by atoms with E-state index in [2.05, 4.69) is 22.9 Å². The van der Waals surface area contributed by atoms with Crippen molar-refractivity contribution in [3.05, 3.63) is 38.3 Å². The van der Waals surface area contributed by atoms with Gasteiger partial charge in [0.05, 0.1) is 9.40 Å². The van der Waals surface area contributed by atoms with Crippen LogP contribution in [0.1, 0.15) is 44.2 Å². The minimum Gasteiger partial charge on any atom is -0.324 e. The summed E-state index contributed by atoms with van der Waals surface area (Å²) in [5.41, 5.74) is 6.92. The molecule has 0 bridgehead atoms. The second-order valence-electron chi connectivity index (χ2n) is 4.07. The van der Waals surface area contributed by atoms with Crippen LogP contribution in [-0.4, -0.2) is 4.92 Å². The number of nitro groups is 1. The molecule has 2 N–H and O–H groups in total. The molecular weight excluding hydrogens is 320 g/mol. The van der Waals surface area contributed by atoms with Gasteiger partial charge in [-0.15, -0.1) is 12.4 Å². The van der Waals surface area contributed by atoms with Crippen LogP contribution in [0.4, 0.5) is 5.69 Å². The number of halogens is 2. The van der Waals surface area contributed by atoms with Crippen molar-refractivity contribution in [2.24, 2.45) is 5.73 Å². The van der Waals surface area contributed by atoms with Crippen molar-refractivity contribution in [3.63, 3.8) is 0 Å². The predicted octanol–water partition coefficient (Wildman–Crippen LogP) is 4.36. The molecule has 1 aromatic rings. The van der Waals surface area contributed by atoms with Gasteiger partial charge >= 0.3 is 0 Å². The number of nitrogens with two attached hydrogens (primary N) is 1. The van der Waals surface area contributed by atoms with E-state index < -0.39 is 4.92 Å². The Hall–Kier alpha value is -0.650. The maximum atomic E-state index is 10.8. The maximum Gasteiger partial charge on any atom is 0.283 e. The lowest BCUT2D eigenvalue weighted by Crippen LogP contribution is -2.10. The molecule has 1 atom stereocenters. The molecule has 0 saturated carbocycles. The lowest BCUT2D eigenvalue weighted by molar-refractivity contribution is -0.385. The highest BCUT2D eigenvalue weighted by atomic mass is 79.9. The summed E-state index contributed by atoms with van der Waals surface area (Å²) < 4.78 is 0.493. The molecule has 6 heteroatoms. The number of rotatable bonds is 6. The van der Waals surface area contributed by atoms with Gasteiger partial charge in [0.2, 0.25) is 0 Å². The predicted molar refractivity (Wildman–Crippen MR) is 79.1 cm³/mol. The van der Waals surface area contributed by atoms with Gasteiger partial charge in [0.1, 0.15) is 0 Å². The highest BCUT2D eigenvalue weighted by Gasteiger charge is 2.15. The third-order valence-corrected chi connectivity index (χ3v) is 3.38. The fourth-order valence-electron chi connectivity index (χ4n) is 1.68. The van der Waals surface area contributed by atoms with Crippen molar-refractivity contribution in [1.82, 2.24) is 0 Å². The van der Waals surface area contributed by atoms with Crippen LogP contribution < -0.4 is 5.73 Å². The molecule has 1 aromatic carbocycles. The molecule has 0 unspecified atom stereocenters. The standard InChI is InChI=1S/C12H17BrN2O2.ClH/c1-2-3-4-5-11(14)9-6-7-10(13)12(8-9)15(16)17;/h6-8,11H,2-5,14H2,1H3;1H/t11-;/m1./s1. The van der Waals surface area contributed by atoms with Gasteiger partial charge in [0.25, 0.3) is 5.69 Å². The molecule has 0 spiro atoms. The van der Waals surface area contributed by atoms with Gasteiger partial charge in [0, 0.05) is 12.1 Å². The Balaban J connectivity index is 0.00000289. The fourth-order valence-corrected chi connectivity index (χ4v) is 2.07. The van der Waals surface area contributed by atoms with Crippen LogP contribution in [-0.2, 0) is 0 Å². The molecule has 0 aliphatic heterocycles. The number of hydrogen-bond acceptors (Lipinski definition) is 3. The molecule has 0 heterocycles. The van der Waals surface area contributed by atoms with Crippen molar-refractivity contribution in [1.29, 1.82) is 0 Å². The monoisotopic (exact) mass is 336 g/mol. The number of unbranched alkanes of at least 4 members (excludes halogenated alkanes) is 2. The molecule has 1 rings (SSSR count). The fraction of sp³-hybridized carbons (Fsp3) is 0.500. The van der Waals surface area contributed by atoms with Crippen LogP contribution >= 0.6 is 28.3 Å². The van der Waals surface area contributed by atoms with Gasteiger partial charge in [-0.3, -0.25) is 10.1 Å². The summed E-state index contributed by atoms with van der Waals surface area (Å²) in [5, 5.41) is 10.8. The zero-order valence-corrected chi connectivity index (χ0v) is 12.7. The Morgan fingerprint density at radius 3 is 2.67 bits per heavy atom. The van der Waals surface area contributed by atoms with Crippen molar-refractivity contribution >= 4 is 34.0 Å². The maximum absolute atomic E-state index is 10.8. The van der Waals surface area contributed by atoms with E-state index in [1.165, 1.54) is 0 Å². The van der Waals surface area contributed by atoms with E-state index in [0.29, 0.717) is 4.47 Å². The molecule has 0 amide bonds. The van der Waals surface area contributed by atoms with Crippen LogP contribution in [0.5, 0.6) is 0 Å². The summed E-state index contributed by atoms with van der Waals surface area (Å²) in [7, 11) is 0. The molecule has 102 valence electrons. The van der Waals surface area contributed by atoms with E-state index in [1.54, 1.807) is 12.1 Å². The summed E-state index contributed by atoms with van der Waals surface area (Å²) in [5.74, 6) is 0. The Kier molecular flexibility index (Phi) is 8.15. The lowest BCUT2D eigenvalue weighted by atomic mass is 10.0. The van der Waals surface area contributed by atoms with Crippen LogP contribution in [0, 0.1) is 10.1 Å². The Labute approximate surface area is 122 Å². The first-order valence-electron chi connectivity index (χ1n) is 5.75. The van der Waals surface area contributed by atoms with Crippen molar-refractivity contribution in [2.45, 2.75) is 38.6 Å². The molecule has 0 aliphatic carbocycles. The Morgan fingerprint density at radius 2 is 2.11 bits per heavy atom. The van der Waals surface area contributed by atoms with Crippen molar-refractivity contribution in [3.8, 4) is 0 Å². The second kappa shape index (κ2) is 8.45. The van der Waals surface area contributed by atoms with Crippen LogP contribution in [0.15, 0.2) is 22.7 Å². The van der Waals surface area contributed by atoms with Gasteiger partial charge in [0.15, 0.2) is 0 Å². The quantitative estimate of drug-likeness (QED) is 0.476.